The minimum Gasteiger partial charge on any atom is -0.408 e. The highest BCUT2D eigenvalue weighted by molar-refractivity contribution is 6.77. The fourth-order valence-corrected chi connectivity index (χ4v) is 4.55. The van der Waals surface area contributed by atoms with E-state index in [1.165, 1.54) is 12.5 Å². The van der Waals surface area contributed by atoms with Gasteiger partial charge < -0.3 is 4.43 Å². The first-order valence-electron chi connectivity index (χ1n) is 4.73. The van der Waals surface area contributed by atoms with Crippen molar-refractivity contribution in [3.8, 4) is 0 Å². The van der Waals surface area contributed by atoms with E-state index in [1.807, 2.05) is 0 Å². The predicted molar refractivity (Wildman–Crippen MR) is 55.6 cm³/mol. The summed E-state index contributed by atoms with van der Waals surface area (Å²) in [6.07, 6.45) is 1.29. The Kier molecular flexibility index (Phi) is 2.50. The van der Waals surface area contributed by atoms with Crippen molar-refractivity contribution in [3.05, 3.63) is 12.3 Å². The molecule has 0 amide bonds. The highest BCUT2D eigenvalue weighted by Crippen LogP contribution is 2.37. The van der Waals surface area contributed by atoms with E-state index in [2.05, 4.69) is 39.6 Å². The van der Waals surface area contributed by atoms with Crippen LogP contribution in [0.4, 0.5) is 0 Å². The van der Waals surface area contributed by atoms with Crippen LogP contribution in [0.5, 0.6) is 0 Å². The van der Waals surface area contributed by atoms with Crippen molar-refractivity contribution in [3.63, 3.8) is 0 Å². The number of hydrogen-bond donors (Lipinski definition) is 0. The number of hydrogen-bond acceptors (Lipinski definition) is 1. The van der Waals surface area contributed by atoms with Gasteiger partial charge in [-0.05, 0) is 38.8 Å². The predicted octanol–water partition coefficient (Wildman–Crippen LogP) is 3.12. The Morgan fingerprint density at radius 3 is 2.58 bits per heavy atom. The molecule has 1 saturated heterocycles. The Hall–Kier alpha value is -0.0831. The fraction of sp³-hybridized carbons (Fsp3) is 0.800. The molecule has 1 nitrogen and oxygen atoms in total. The first-order valence-corrected chi connectivity index (χ1v) is 7.43. The Balaban J connectivity index is 2.75. The maximum absolute atomic E-state index is 6.14. The molecule has 0 spiro atoms. The average molecular weight is 184 g/mol. The highest BCUT2D eigenvalue weighted by Gasteiger charge is 2.41. The third-order valence-corrected chi connectivity index (χ3v) is 6.33. The second-order valence-corrected chi connectivity index (χ2v) is 8.40. The third kappa shape index (κ3) is 1.80. The summed E-state index contributed by atoms with van der Waals surface area (Å²) in [7, 11) is -1.52. The molecule has 2 unspecified atom stereocenters. The van der Waals surface area contributed by atoms with Crippen LogP contribution in [-0.2, 0) is 4.43 Å². The molecule has 0 bridgehead atoms. The van der Waals surface area contributed by atoms with E-state index >= 15 is 0 Å². The molecular weight excluding hydrogens is 164 g/mol. The van der Waals surface area contributed by atoms with Crippen molar-refractivity contribution in [2.45, 2.75) is 45.4 Å². The molecule has 2 heteroatoms. The summed E-state index contributed by atoms with van der Waals surface area (Å²) in [5.41, 5.74) is 2.13. The molecule has 1 rings (SSSR count). The Morgan fingerprint density at radius 1 is 1.58 bits per heavy atom. The summed E-state index contributed by atoms with van der Waals surface area (Å²) in [4.78, 5) is 0. The SMILES string of the molecule is C=C[Si]1(C)CCC(C)C(C)(C)O1. The van der Waals surface area contributed by atoms with Gasteiger partial charge in [-0.15, -0.1) is 6.58 Å². The van der Waals surface area contributed by atoms with Gasteiger partial charge in [-0.1, -0.05) is 12.6 Å². The van der Waals surface area contributed by atoms with Crippen LogP contribution < -0.4 is 0 Å². The standard InChI is InChI=1S/C10H20OSi/c1-6-12(5)8-7-9(2)10(3,4)11-12/h6,9H,1,7-8H2,2-5H3. The van der Waals surface area contributed by atoms with Crippen LogP contribution in [0.3, 0.4) is 0 Å². The van der Waals surface area contributed by atoms with Crippen molar-refractivity contribution in [2.75, 3.05) is 0 Å². The molecule has 1 aliphatic rings. The molecule has 0 aromatic rings. The zero-order valence-electron chi connectivity index (χ0n) is 8.68. The maximum atomic E-state index is 6.14. The third-order valence-electron chi connectivity index (χ3n) is 3.19. The van der Waals surface area contributed by atoms with Crippen LogP contribution in [0.2, 0.25) is 12.6 Å². The Labute approximate surface area is 76.9 Å². The molecular formula is C10H20OSi. The van der Waals surface area contributed by atoms with E-state index in [1.54, 1.807) is 0 Å². The smallest absolute Gasteiger partial charge is 0.214 e. The lowest BCUT2D eigenvalue weighted by Crippen LogP contribution is -2.50. The molecule has 1 aliphatic heterocycles. The van der Waals surface area contributed by atoms with E-state index in [0.29, 0.717) is 5.92 Å². The molecule has 2 atom stereocenters. The van der Waals surface area contributed by atoms with Crippen molar-refractivity contribution in [2.24, 2.45) is 5.92 Å². The Bertz CT molecular complexity index is 188. The van der Waals surface area contributed by atoms with E-state index in [4.69, 9.17) is 4.43 Å². The topological polar surface area (TPSA) is 9.23 Å². The van der Waals surface area contributed by atoms with Gasteiger partial charge in [-0.3, -0.25) is 0 Å². The lowest BCUT2D eigenvalue weighted by atomic mass is 9.91. The number of rotatable bonds is 1. The monoisotopic (exact) mass is 184 g/mol. The van der Waals surface area contributed by atoms with Crippen molar-refractivity contribution in [1.82, 2.24) is 0 Å². The molecule has 0 aromatic carbocycles. The highest BCUT2D eigenvalue weighted by atomic mass is 28.4. The van der Waals surface area contributed by atoms with E-state index < -0.39 is 8.32 Å². The summed E-state index contributed by atoms with van der Waals surface area (Å²) in [6.45, 7) is 12.8. The molecule has 12 heavy (non-hydrogen) atoms. The first kappa shape index (κ1) is 10.0. The quantitative estimate of drug-likeness (QED) is 0.569. The van der Waals surface area contributed by atoms with Gasteiger partial charge in [-0.25, -0.2) is 0 Å². The van der Waals surface area contributed by atoms with Gasteiger partial charge in [0.05, 0.1) is 5.60 Å². The van der Waals surface area contributed by atoms with E-state index in [9.17, 15) is 0 Å². The average Bonchev–Trinajstić information content (AvgIpc) is 1.97. The molecule has 0 aliphatic carbocycles. The van der Waals surface area contributed by atoms with Gasteiger partial charge in [-0.2, -0.15) is 0 Å². The minimum absolute atomic E-state index is 0.0629. The van der Waals surface area contributed by atoms with Gasteiger partial charge in [0.1, 0.15) is 0 Å². The molecule has 70 valence electrons. The molecule has 0 saturated carbocycles. The molecule has 0 radical (unpaired) electrons. The summed E-state index contributed by atoms with van der Waals surface area (Å²) >= 11 is 0. The summed E-state index contributed by atoms with van der Waals surface area (Å²) in [5, 5.41) is 0. The normalized spacial score (nSPS) is 40.8. The van der Waals surface area contributed by atoms with Gasteiger partial charge in [0.15, 0.2) is 0 Å². The van der Waals surface area contributed by atoms with Crippen molar-refractivity contribution >= 4 is 8.32 Å². The van der Waals surface area contributed by atoms with Gasteiger partial charge in [0, 0.05) is 0 Å². The summed E-state index contributed by atoms with van der Waals surface area (Å²) in [6, 6.07) is 1.24. The zero-order chi connectivity index (χ0) is 9.41. The van der Waals surface area contributed by atoms with E-state index in [0.717, 1.165) is 0 Å². The summed E-state index contributed by atoms with van der Waals surface area (Å²) in [5.74, 6) is 0.679. The van der Waals surface area contributed by atoms with Crippen molar-refractivity contribution < 1.29 is 4.43 Å². The van der Waals surface area contributed by atoms with Crippen LogP contribution in [0.15, 0.2) is 12.3 Å². The molecule has 1 fully saturated rings. The lowest BCUT2D eigenvalue weighted by Gasteiger charge is -2.45. The van der Waals surface area contributed by atoms with Gasteiger partial charge in [0.2, 0.25) is 8.32 Å². The Morgan fingerprint density at radius 2 is 2.17 bits per heavy atom. The zero-order valence-corrected chi connectivity index (χ0v) is 9.68. The van der Waals surface area contributed by atoms with Crippen LogP contribution in [0, 0.1) is 5.92 Å². The van der Waals surface area contributed by atoms with Gasteiger partial charge in [0.25, 0.3) is 0 Å². The lowest BCUT2D eigenvalue weighted by molar-refractivity contribution is 0.0247. The fourth-order valence-electron chi connectivity index (χ4n) is 1.75. The van der Waals surface area contributed by atoms with Crippen LogP contribution in [0.25, 0.3) is 0 Å². The van der Waals surface area contributed by atoms with Crippen LogP contribution in [0.1, 0.15) is 27.2 Å². The minimum atomic E-state index is -1.52. The van der Waals surface area contributed by atoms with Crippen LogP contribution in [-0.4, -0.2) is 13.9 Å². The molecule has 1 heterocycles. The second-order valence-electron chi connectivity index (χ2n) is 4.66. The molecule has 0 N–H and O–H groups in total. The van der Waals surface area contributed by atoms with Gasteiger partial charge >= 0.3 is 0 Å². The largest absolute Gasteiger partial charge is 0.408 e. The molecule has 0 aromatic heterocycles. The maximum Gasteiger partial charge on any atom is 0.214 e. The second kappa shape index (κ2) is 3.00. The summed E-state index contributed by atoms with van der Waals surface area (Å²) < 4.78 is 6.14. The van der Waals surface area contributed by atoms with Crippen LogP contribution >= 0.6 is 0 Å². The van der Waals surface area contributed by atoms with E-state index in [-0.39, 0.29) is 5.60 Å². The van der Waals surface area contributed by atoms with Crippen molar-refractivity contribution in [1.29, 1.82) is 0 Å². The first-order chi connectivity index (χ1) is 5.40.